The molecule has 0 saturated carbocycles. The number of rotatable bonds is 1. The zero-order valence-electron chi connectivity index (χ0n) is 7.96. The third-order valence-corrected chi connectivity index (χ3v) is 2.66. The van der Waals surface area contributed by atoms with E-state index in [-0.39, 0.29) is 5.38 Å². The van der Waals surface area contributed by atoms with Gasteiger partial charge in [0.1, 0.15) is 5.82 Å². The SMILES string of the molecule is CC(Cl)c1nc2ccc(Cl)cc2n1C. The molecule has 0 saturated heterocycles. The first-order chi connectivity index (χ1) is 6.59. The first-order valence-electron chi connectivity index (χ1n) is 4.35. The fourth-order valence-corrected chi connectivity index (χ4v) is 1.90. The molecule has 2 nitrogen and oxygen atoms in total. The molecule has 0 fully saturated rings. The van der Waals surface area contributed by atoms with Crippen LogP contribution in [0, 0.1) is 0 Å². The van der Waals surface area contributed by atoms with Crippen LogP contribution >= 0.6 is 23.2 Å². The zero-order valence-corrected chi connectivity index (χ0v) is 9.47. The quantitative estimate of drug-likeness (QED) is 0.684. The molecule has 4 heteroatoms. The molecule has 1 aromatic heterocycles. The molecule has 14 heavy (non-hydrogen) atoms. The van der Waals surface area contributed by atoms with Gasteiger partial charge in [-0.25, -0.2) is 4.98 Å². The Morgan fingerprint density at radius 3 is 2.79 bits per heavy atom. The van der Waals surface area contributed by atoms with Crippen LogP contribution in [0.5, 0.6) is 0 Å². The maximum absolute atomic E-state index is 6.00. The molecule has 0 radical (unpaired) electrons. The number of hydrogen-bond acceptors (Lipinski definition) is 1. The molecule has 0 aliphatic heterocycles. The van der Waals surface area contributed by atoms with Crippen molar-refractivity contribution < 1.29 is 0 Å². The second-order valence-electron chi connectivity index (χ2n) is 3.28. The largest absolute Gasteiger partial charge is 0.330 e. The molecule has 0 amide bonds. The first kappa shape index (κ1) is 9.81. The van der Waals surface area contributed by atoms with E-state index in [1.54, 1.807) is 0 Å². The summed E-state index contributed by atoms with van der Waals surface area (Å²) in [5.74, 6) is 0.865. The molecule has 1 aromatic carbocycles. The molecule has 0 aliphatic rings. The summed E-state index contributed by atoms with van der Waals surface area (Å²) in [5, 5.41) is 0.625. The predicted octanol–water partition coefficient (Wildman–Crippen LogP) is 3.53. The van der Waals surface area contributed by atoms with Crippen LogP contribution in [0.4, 0.5) is 0 Å². The molecule has 1 atom stereocenters. The topological polar surface area (TPSA) is 17.8 Å². The highest BCUT2D eigenvalue weighted by molar-refractivity contribution is 6.31. The summed E-state index contributed by atoms with van der Waals surface area (Å²) in [6.07, 6.45) is 0. The van der Waals surface area contributed by atoms with Crippen molar-refractivity contribution in [2.45, 2.75) is 12.3 Å². The van der Waals surface area contributed by atoms with Gasteiger partial charge in [-0.05, 0) is 25.1 Å². The number of halogens is 2. The zero-order chi connectivity index (χ0) is 10.3. The van der Waals surface area contributed by atoms with Crippen LogP contribution in [-0.2, 0) is 7.05 Å². The maximum Gasteiger partial charge on any atom is 0.127 e. The Morgan fingerprint density at radius 2 is 2.14 bits per heavy atom. The van der Waals surface area contributed by atoms with Crippen molar-refractivity contribution in [2.24, 2.45) is 7.05 Å². The lowest BCUT2D eigenvalue weighted by molar-refractivity contribution is 0.812. The van der Waals surface area contributed by atoms with Crippen molar-refractivity contribution in [3.8, 4) is 0 Å². The molecular weight excluding hydrogens is 219 g/mol. The molecule has 0 N–H and O–H groups in total. The lowest BCUT2D eigenvalue weighted by Crippen LogP contribution is -1.97. The highest BCUT2D eigenvalue weighted by atomic mass is 35.5. The van der Waals surface area contributed by atoms with Crippen LogP contribution in [0.25, 0.3) is 11.0 Å². The minimum absolute atomic E-state index is 0.0915. The molecule has 0 spiro atoms. The van der Waals surface area contributed by atoms with Gasteiger partial charge in [0.05, 0.1) is 16.4 Å². The van der Waals surface area contributed by atoms with E-state index in [4.69, 9.17) is 23.2 Å². The van der Waals surface area contributed by atoms with Crippen molar-refractivity contribution >= 4 is 34.2 Å². The Morgan fingerprint density at radius 1 is 1.43 bits per heavy atom. The van der Waals surface area contributed by atoms with Crippen LogP contribution in [0.15, 0.2) is 18.2 Å². The third-order valence-electron chi connectivity index (χ3n) is 2.23. The molecule has 1 heterocycles. The van der Waals surface area contributed by atoms with Gasteiger partial charge in [-0.2, -0.15) is 0 Å². The smallest absolute Gasteiger partial charge is 0.127 e. The van der Waals surface area contributed by atoms with Crippen molar-refractivity contribution in [3.05, 3.63) is 29.0 Å². The summed E-state index contributed by atoms with van der Waals surface area (Å²) in [5.41, 5.74) is 1.94. The number of aromatic nitrogens is 2. The number of hydrogen-bond donors (Lipinski definition) is 0. The first-order valence-corrected chi connectivity index (χ1v) is 5.17. The van der Waals surface area contributed by atoms with Gasteiger partial charge in [0.2, 0.25) is 0 Å². The Hall–Kier alpha value is -0.730. The number of aryl methyl sites for hydroxylation is 1. The third kappa shape index (κ3) is 1.49. The normalized spacial score (nSPS) is 13.4. The van der Waals surface area contributed by atoms with Crippen LogP contribution < -0.4 is 0 Å². The van der Waals surface area contributed by atoms with Crippen LogP contribution in [0.2, 0.25) is 5.02 Å². The van der Waals surface area contributed by atoms with E-state index in [1.807, 2.05) is 36.7 Å². The van der Waals surface area contributed by atoms with E-state index < -0.39 is 0 Å². The van der Waals surface area contributed by atoms with Gasteiger partial charge in [0.15, 0.2) is 0 Å². The van der Waals surface area contributed by atoms with Gasteiger partial charge in [-0.1, -0.05) is 11.6 Å². The van der Waals surface area contributed by atoms with Gasteiger partial charge in [-0.3, -0.25) is 0 Å². The number of alkyl halides is 1. The number of nitrogens with zero attached hydrogens (tertiary/aromatic N) is 2. The van der Waals surface area contributed by atoms with Crippen molar-refractivity contribution in [1.82, 2.24) is 9.55 Å². The average molecular weight is 229 g/mol. The van der Waals surface area contributed by atoms with Crippen molar-refractivity contribution in [2.75, 3.05) is 0 Å². The molecule has 2 aromatic rings. The summed E-state index contributed by atoms with van der Waals surface area (Å²) < 4.78 is 1.97. The molecule has 2 rings (SSSR count). The fraction of sp³-hybridized carbons (Fsp3) is 0.300. The average Bonchev–Trinajstić information content (AvgIpc) is 2.44. The number of fused-ring (bicyclic) bond motifs is 1. The number of benzene rings is 1. The van der Waals surface area contributed by atoms with Gasteiger partial charge in [-0.15, -0.1) is 11.6 Å². The molecular formula is C10H10Cl2N2. The molecule has 0 bridgehead atoms. The molecule has 74 valence electrons. The lowest BCUT2D eigenvalue weighted by Gasteiger charge is -2.02. The second kappa shape index (κ2) is 3.44. The Balaban J connectivity index is 2.74. The van der Waals surface area contributed by atoms with Gasteiger partial charge >= 0.3 is 0 Å². The van der Waals surface area contributed by atoms with E-state index in [0.29, 0.717) is 5.02 Å². The highest BCUT2D eigenvalue weighted by Gasteiger charge is 2.11. The summed E-state index contributed by atoms with van der Waals surface area (Å²) in [4.78, 5) is 4.43. The van der Waals surface area contributed by atoms with E-state index >= 15 is 0 Å². The Bertz CT molecular complexity index is 474. The second-order valence-corrected chi connectivity index (χ2v) is 4.37. The van der Waals surface area contributed by atoms with Crippen molar-refractivity contribution in [1.29, 1.82) is 0 Å². The minimum Gasteiger partial charge on any atom is -0.330 e. The monoisotopic (exact) mass is 228 g/mol. The summed E-state index contributed by atoms with van der Waals surface area (Å²) in [6, 6.07) is 5.63. The van der Waals surface area contributed by atoms with E-state index in [9.17, 15) is 0 Å². The summed E-state index contributed by atoms with van der Waals surface area (Å²) >= 11 is 11.9. The van der Waals surface area contributed by atoms with Crippen LogP contribution in [0.1, 0.15) is 18.1 Å². The van der Waals surface area contributed by atoms with Gasteiger partial charge < -0.3 is 4.57 Å². The van der Waals surface area contributed by atoms with E-state index in [2.05, 4.69) is 4.98 Å². The molecule has 0 aliphatic carbocycles. The standard InChI is InChI=1S/C10H10Cl2N2/c1-6(11)10-13-8-4-3-7(12)5-9(8)14(10)2/h3-6H,1-2H3. The van der Waals surface area contributed by atoms with Gasteiger partial charge in [0.25, 0.3) is 0 Å². The van der Waals surface area contributed by atoms with Crippen LogP contribution in [-0.4, -0.2) is 9.55 Å². The predicted molar refractivity (Wildman–Crippen MR) is 60.0 cm³/mol. The lowest BCUT2D eigenvalue weighted by atomic mass is 10.3. The Kier molecular flexibility index (Phi) is 2.41. The summed E-state index contributed by atoms with van der Waals surface area (Å²) in [6.45, 7) is 1.91. The molecule has 1 unspecified atom stereocenters. The number of imidazole rings is 1. The van der Waals surface area contributed by atoms with Gasteiger partial charge in [0, 0.05) is 12.1 Å². The summed E-state index contributed by atoms with van der Waals surface area (Å²) in [7, 11) is 1.94. The highest BCUT2D eigenvalue weighted by Crippen LogP contribution is 2.25. The fourth-order valence-electron chi connectivity index (χ4n) is 1.54. The Labute approximate surface area is 92.5 Å². The van der Waals surface area contributed by atoms with E-state index in [0.717, 1.165) is 16.9 Å². The minimum atomic E-state index is -0.0915. The van der Waals surface area contributed by atoms with Crippen LogP contribution in [0.3, 0.4) is 0 Å². The maximum atomic E-state index is 6.00. The van der Waals surface area contributed by atoms with E-state index in [1.165, 1.54) is 0 Å². The van der Waals surface area contributed by atoms with Crippen molar-refractivity contribution in [3.63, 3.8) is 0 Å².